The summed E-state index contributed by atoms with van der Waals surface area (Å²) >= 11 is 6.31. The molecular weight excluding hydrogens is 399 g/mol. The molecule has 2 aromatic heterocycles. The number of alkyl halides is 1. The second-order valence-corrected chi connectivity index (χ2v) is 8.47. The number of aliphatic hydroxyl groups excluding tert-OH is 1. The summed E-state index contributed by atoms with van der Waals surface area (Å²) in [4.78, 5) is 22.1. The Kier molecular flexibility index (Phi) is 5.37. The molecule has 2 aliphatic rings. The van der Waals surface area contributed by atoms with Gasteiger partial charge in [0.1, 0.15) is 23.6 Å². The van der Waals surface area contributed by atoms with Gasteiger partial charge in [-0.15, -0.1) is 5.10 Å². The second kappa shape index (κ2) is 7.68. The first-order chi connectivity index (χ1) is 13.8. The fraction of sp³-hybridized carbons (Fsp3) is 0.684. The standard InChI is InChI=1S/C19H26ClFN6O2/c1-3-19(6-4-7-19)17-24-15(20)14-9-22-18(25-27(14)17)23-13-5-8-26(10-12(13)21)16(29)11(2)28/h9,11-13,28H,3-8,10H2,1-2H3,(H,23,25)/t11-,12+,13-/m0/s1. The summed E-state index contributed by atoms with van der Waals surface area (Å²) in [5.74, 6) is 0.694. The molecule has 1 aliphatic heterocycles. The second-order valence-electron chi connectivity index (χ2n) is 8.11. The average molecular weight is 425 g/mol. The van der Waals surface area contributed by atoms with Gasteiger partial charge in [-0.2, -0.15) is 0 Å². The molecular formula is C19H26ClFN6O2. The Morgan fingerprint density at radius 1 is 1.52 bits per heavy atom. The van der Waals surface area contributed by atoms with Gasteiger partial charge in [0, 0.05) is 12.0 Å². The molecule has 4 rings (SSSR count). The van der Waals surface area contributed by atoms with E-state index in [-0.39, 0.29) is 12.0 Å². The number of amides is 1. The molecule has 8 nitrogen and oxygen atoms in total. The number of nitrogens with one attached hydrogen (secondary N) is 1. The maximum atomic E-state index is 14.7. The molecule has 3 heterocycles. The molecule has 0 radical (unpaired) electrons. The number of halogens is 2. The number of hydrogen-bond donors (Lipinski definition) is 2. The smallest absolute Gasteiger partial charge is 0.251 e. The predicted octanol–water partition coefficient (Wildman–Crippen LogP) is 2.34. The number of hydrogen-bond acceptors (Lipinski definition) is 6. The highest BCUT2D eigenvalue weighted by atomic mass is 35.5. The number of likely N-dealkylation sites (tertiary alicyclic amines) is 1. The van der Waals surface area contributed by atoms with Crippen LogP contribution >= 0.6 is 11.6 Å². The van der Waals surface area contributed by atoms with Gasteiger partial charge >= 0.3 is 0 Å². The van der Waals surface area contributed by atoms with Gasteiger partial charge in [-0.3, -0.25) is 4.79 Å². The molecule has 10 heteroatoms. The fourth-order valence-corrected chi connectivity index (χ4v) is 4.51. The van der Waals surface area contributed by atoms with E-state index in [1.54, 1.807) is 10.7 Å². The molecule has 0 unspecified atom stereocenters. The molecule has 2 N–H and O–H groups in total. The summed E-state index contributed by atoms with van der Waals surface area (Å²) < 4.78 is 16.4. The minimum Gasteiger partial charge on any atom is -0.384 e. The number of piperidine rings is 1. The zero-order valence-electron chi connectivity index (χ0n) is 16.6. The monoisotopic (exact) mass is 424 g/mol. The van der Waals surface area contributed by atoms with Gasteiger partial charge in [0.2, 0.25) is 5.95 Å². The number of rotatable bonds is 5. The van der Waals surface area contributed by atoms with Crippen LogP contribution in [0, 0.1) is 0 Å². The first-order valence-corrected chi connectivity index (χ1v) is 10.5. The summed E-state index contributed by atoms with van der Waals surface area (Å²) in [5.41, 5.74) is 0.623. The van der Waals surface area contributed by atoms with Crippen LogP contribution in [0.1, 0.15) is 51.8 Å². The van der Waals surface area contributed by atoms with E-state index in [2.05, 4.69) is 27.3 Å². The van der Waals surface area contributed by atoms with Crippen LogP contribution in [0.25, 0.3) is 5.52 Å². The predicted molar refractivity (Wildman–Crippen MR) is 107 cm³/mol. The summed E-state index contributed by atoms with van der Waals surface area (Å²) in [6, 6.07) is -0.517. The van der Waals surface area contributed by atoms with E-state index in [1.165, 1.54) is 11.8 Å². The van der Waals surface area contributed by atoms with Gasteiger partial charge in [-0.05, 0) is 32.6 Å². The maximum absolute atomic E-state index is 14.7. The zero-order valence-corrected chi connectivity index (χ0v) is 17.4. The molecule has 1 aliphatic carbocycles. The van der Waals surface area contributed by atoms with Crippen molar-refractivity contribution in [2.24, 2.45) is 0 Å². The van der Waals surface area contributed by atoms with Crippen LogP contribution in [-0.2, 0) is 10.2 Å². The lowest BCUT2D eigenvalue weighted by atomic mass is 9.66. The normalized spacial score (nSPS) is 24.9. The Labute approximate surface area is 173 Å². The van der Waals surface area contributed by atoms with Crippen LogP contribution in [0.2, 0.25) is 5.15 Å². The molecule has 3 atom stereocenters. The molecule has 1 saturated carbocycles. The lowest BCUT2D eigenvalue weighted by molar-refractivity contribution is -0.141. The summed E-state index contributed by atoms with van der Waals surface area (Å²) in [6.07, 6.45) is 3.81. The Morgan fingerprint density at radius 2 is 2.28 bits per heavy atom. The highest BCUT2D eigenvalue weighted by molar-refractivity contribution is 6.32. The van der Waals surface area contributed by atoms with E-state index in [0.29, 0.717) is 29.6 Å². The maximum Gasteiger partial charge on any atom is 0.251 e. The number of anilines is 1. The number of nitrogens with zero attached hydrogens (tertiary/aromatic N) is 5. The Bertz CT molecular complexity index is 910. The first-order valence-electron chi connectivity index (χ1n) is 10.1. The summed E-state index contributed by atoms with van der Waals surface area (Å²) in [7, 11) is 0. The number of fused-ring (bicyclic) bond motifs is 1. The van der Waals surface area contributed by atoms with E-state index in [1.807, 2.05) is 0 Å². The molecule has 2 fully saturated rings. The van der Waals surface area contributed by atoms with E-state index in [4.69, 9.17) is 11.6 Å². The Morgan fingerprint density at radius 3 is 2.86 bits per heavy atom. The van der Waals surface area contributed by atoms with Crippen LogP contribution in [0.4, 0.5) is 10.3 Å². The molecule has 0 aromatic carbocycles. The van der Waals surface area contributed by atoms with Gasteiger partial charge in [0.05, 0.1) is 18.8 Å². The van der Waals surface area contributed by atoms with Crippen molar-refractivity contribution in [1.82, 2.24) is 24.5 Å². The third-order valence-corrected chi connectivity index (χ3v) is 6.61. The van der Waals surface area contributed by atoms with E-state index < -0.39 is 24.2 Å². The van der Waals surface area contributed by atoms with Crippen LogP contribution in [0.15, 0.2) is 6.20 Å². The highest BCUT2D eigenvalue weighted by Crippen LogP contribution is 2.46. The van der Waals surface area contributed by atoms with E-state index >= 15 is 0 Å². The van der Waals surface area contributed by atoms with Crippen LogP contribution in [0.3, 0.4) is 0 Å². The van der Waals surface area contributed by atoms with Crippen molar-refractivity contribution in [1.29, 1.82) is 0 Å². The topological polar surface area (TPSA) is 95.7 Å². The average Bonchev–Trinajstić information content (AvgIpc) is 2.99. The molecule has 1 amide bonds. The van der Waals surface area contributed by atoms with Crippen molar-refractivity contribution in [2.45, 2.75) is 69.7 Å². The number of imidazole rings is 1. The van der Waals surface area contributed by atoms with Crippen LogP contribution < -0.4 is 5.32 Å². The third kappa shape index (κ3) is 3.54. The van der Waals surface area contributed by atoms with Crippen molar-refractivity contribution in [2.75, 3.05) is 18.4 Å². The van der Waals surface area contributed by atoms with Crippen molar-refractivity contribution < 1.29 is 14.3 Å². The van der Waals surface area contributed by atoms with Gasteiger partial charge in [0.25, 0.3) is 5.91 Å². The van der Waals surface area contributed by atoms with Crippen LogP contribution in [0.5, 0.6) is 0 Å². The molecule has 158 valence electrons. The zero-order chi connectivity index (χ0) is 20.8. The van der Waals surface area contributed by atoms with Crippen molar-refractivity contribution in [3.8, 4) is 0 Å². The van der Waals surface area contributed by atoms with Crippen molar-refractivity contribution >= 4 is 29.0 Å². The quantitative estimate of drug-likeness (QED) is 0.764. The van der Waals surface area contributed by atoms with Gasteiger partial charge in [-0.25, -0.2) is 18.9 Å². The molecule has 2 aromatic rings. The van der Waals surface area contributed by atoms with Gasteiger partial charge in [-0.1, -0.05) is 24.9 Å². The fourth-order valence-electron chi connectivity index (χ4n) is 4.30. The minimum absolute atomic E-state index is 0.0169. The van der Waals surface area contributed by atoms with Crippen molar-refractivity contribution in [3.63, 3.8) is 0 Å². The molecule has 0 bridgehead atoms. The summed E-state index contributed by atoms with van der Waals surface area (Å²) in [5, 5.41) is 17.4. The van der Waals surface area contributed by atoms with Gasteiger partial charge in [0.15, 0.2) is 5.15 Å². The van der Waals surface area contributed by atoms with E-state index in [9.17, 15) is 14.3 Å². The van der Waals surface area contributed by atoms with Crippen molar-refractivity contribution in [3.05, 3.63) is 17.2 Å². The van der Waals surface area contributed by atoms with Crippen LogP contribution in [-0.4, -0.2) is 66.9 Å². The minimum atomic E-state index is -1.29. The number of aromatic nitrogens is 4. The number of aliphatic hydroxyl groups is 1. The van der Waals surface area contributed by atoms with Gasteiger partial charge < -0.3 is 15.3 Å². The molecule has 0 spiro atoms. The highest BCUT2D eigenvalue weighted by Gasteiger charge is 2.41. The largest absolute Gasteiger partial charge is 0.384 e. The molecule has 29 heavy (non-hydrogen) atoms. The SMILES string of the molecule is CCC1(c2nc(Cl)c3cnc(N[C@H]4CCN(C(=O)[C@H](C)O)C[C@H]4F)nn23)CCC1. The Balaban J connectivity index is 1.54. The van der Waals surface area contributed by atoms with E-state index in [0.717, 1.165) is 31.5 Å². The Hall–Kier alpha value is -2.00. The first kappa shape index (κ1) is 20.3. The summed E-state index contributed by atoms with van der Waals surface area (Å²) in [6.45, 7) is 3.84. The number of carbonyl (C=O) groups excluding carboxylic acids is 1. The third-order valence-electron chi connectivity index (χ3n) is 6.33. The lowest BCUT2D eigenvalue weighted by Crippen LogP contribution is -2.52. The lowest BCUT2D eigenvalue weighted by Gasteiger charge is -2.39. The number of carbonyl (C=O) groups is 1. The molecule has 1 saturated heterocycles.